The molecule has 0 spiro atoms. The fourth-order valence-corrected chi connectivity index (χ4v) is 2.55. The van der Waals surface area contributed by atoms with Gasteiger partial charge in [-0.15, -0.1) is 11.3 Å². The third-order valence-corrected chi connectivity index (χ3v) is 4.12. The summed E-state index contributed by atoms with van der Waals surface area (Å²) >= 11 is 6.53. The summed E-state index contributed by atoms with van der Waals surface area (Å²) in [4.78, 5) is 12.8. The lowest BCUT2D eigenvalue weighted by molar-refractivity contribution is 0.0926. The van der Waals surface area contributed by atoms with E-state index in [0.29, 0.717) is 9.65 Å². The van der Waals surface area contributed by atoms with E-state index in [0.717, 1.165) is 5.82 Å². The first-order chi connectivity index (χ1) is 9.00. The number of hydrogen-bond donors (Lipinski definition) is 2. The number of H-pyrrole nitrogens is 1. The van der Waals surface area contributed by atoms with Crippen LogP contribution in [0.1, 0.15) is 35.4 Å². The Morgan fingerprint density at radius 2 is 2.32 bits per heavy atom. The summed E-state index contributed by atoms with van der Waals surface area (Å²) in [5.74, 6) is 0.875. The largest absolute Gasteiger partial charge is 0.341 e. The molecule has 1 atom stereocenters. The van der Waals surface area contributed by atoms with Crippen molar-refractivity contribution >= 4 is 29.5 Å². The Labute approximate surface area is 120 Å². The molecule has 0 saturated heterocycles. The van der Waals surface area contributed by atoms with Crippen LogP contribution in [0, 0.1) is 10.7 Å². The smallest absolute Gasteiger partial charge is 0.261 e. The standard InChI is InChI=1S/C12H16N4OS2/c1-7(2)9(10-14-15-12(18)16(10)3)13-11(17)8-5-4-6-19-8/h4-7,9H,1-3H3,(H,13,17)(H,15,18)/t9-/m1/s1. The van der Waals surface area contributed by atoms with Gasteiger partial charge in [0, 0.05) is 7.05 Å². The van der Waals surface area contributed by atoms with Crippen LogP contribution in [0.4, 0.5) is 0 Å². The second-order valence-corrected chi connectivity index (χ2v) is 5.95. The number of aromatic nitrogens is 3. The molecule has 0 aliphatic carbocycles. The van der Waals surface area contributed by atoms with Crippen LogP contribution in [0.3, 0.4) is 0 Å². The Kier molecular flexibility index (Phi) is 4.16. The van der Waals surface area contributed by atoms with Gasteiger partial charge in [0.15, 0.2) is 10.6 Å². The van der Waals surface area contributed by atoms with Crippen molar-refractivity contribution in [3.8, 4) is 0 Å². The average Bonchev–Trinajstić information content (AvgIpc) is 2.99. The minimum Gasteiger partial charge on any atom is -0.341 e. The molecule has 1 amide bonds. The molecular weight excluding hydrogens is 280 g/mol. The summed E-state index contributed by atoms with van der Waals surface area (Å²) in [6.45, 7) is 4.08. The molecule has 2 rings (SSSR count). The van der Waals surface area contributed by atoms with Gasteiger partial charge in [0.25, 0.3) is 5.91 Å². The third-order valence-electron chi connectivity index (χ3n) is 2.89. The van der Waals surface area contributed by atoms with Crippen molar-refractivity contribution in [1.82, 2.24) is 20.1 Å². The number of nitrogens with zero attached hydrogens (tertiary/aromatic N) is 2. The zero-order valence-electron chi connectivity index (χ0n) is 11.0. The highest BCUT2D eigenvalue weighted by Gasteiger charge is 2.23. The molecule has 19 heavy (non-hydrogen) atoms. The van der Waals surface area contributed by atoms with E-state index in [1.807, 2.05) is 32.3 Å². The second-order valence-electron chi connectivity index (χ2n) is 4.62. The van der Waals surface area contributed by atoms with Crippen molar-refractivity contribution in [1.29, 1.82) is 0 Å². The topological polar surface area (TPSA) is 62.7 Å². The lowest BCUT2D eigenvalue weighted by Gasteiger charge is -2.21. The van der Waals surface area contributed by atoms with Crippen LogP contribution >= 0.6 is 23.6 Å². The first-order valence-corrected chi connectivity index (χ1v) is 7.25. The van der Waals surface area contributed by atoms with Crippen LogP contribution in [-0.2, 0) is 7.05 Å². The number of amides is 1. The Bertz CT molecular complexity index is 612. The van der Waals surface area contributed by atoms with E-state index in [2.05, 4.69) is 15.5 Å². The molecule has 2 N–H and O–H groups in total. The summed E-state index contributed by atoms with van der Waals surface area (Å²) in [5.41, 5.74) is 0. The molecule has 0 aliphatic rings. The van der Waals surface area contributed by atoms with Crippen LogP contribution in [0.2, 0.25) is 0 Å². The predicted molar refractivity (Wildman–Crippen MR) is 77.8 cm³/mol. The van der Waals surface area contributed by atoms with E-state index in [9.17, 15) is 4.79 Å². The molecule has 2 heterocycles. The highest BCUT2D eigenvalue weighted by molar-refractivity contribution is 7.71. The molecule has 0 aliphatic heterocycles. The summed E-state index contributed by atoms with van der Waals surface area (Å²) in [5, 5.41) is 11.8. The van der Waals surface area contributed by atoms with E-state index in [4.69, 9.17) is 12.2 Å². The van der Waals surface area contributed by atoms with Gasteiger partial charge in [0.05, 0.1) is 10.9 Å². The Morgan fingerprint density at radius 1 is 1.58 bits per heavy atom. The van der Waals surface area contributed by atoms with Crippen LogP contribution in [0.25, 0.3) is 0 Å². The van der Waals surface area contributed by atoms with E-state index in [1.54, 1.807) is 10.6 Å². The zero-order chi connectivity index (χ0) is 14.0. The molecule has 0 bridgehead atoms. The number of thiophene rings is 1. The van der Waals surface area contributed by atoms with E-state index >= 15 is 0 Å². The van der Waals surface area contributed by atoms with Crippen molar-refractivity contribution in [2.45, 2.75) is 19.9 Å². The van der Waals surface area contributed by atoms with Gasteiger partial charge in [-0.3, -0.25) is 9.89 Å². The van der Waals surface area contributed by atoms with Crippen molar-refractivity contribution in [2.75, 3.05) is 0 Å². The van der Waals surface area contributed by atoms with Crippen LogP contribution in [0.5, 0.6) is 0 Å². The first kappa shape index (κ1) is 14.0. The Morgan fingerprint density at radius 3 is 2.79 bits per heavy atom. The predicted octanol–water partition coefficient (Wildman–Crippen LogP) is 2.67. The molecular formula is C12H16N4OS2. The third kappa shape index (κ3) is 2.93. The van der Waals surface area contributed by atoms with E-state index < -0.39 is 0 Å². The molecule has 5 nitrogen and oxygen atoms in total. The van der Waals surface area contributed by atoms with Gasteiger partial charge in [0.1, 0.15) is 0 Å². The van der Waals surface area contributed by atoms with Crippen molar-refractivity contribution < 1.29 is 4.79 Å². The van der Waals surface area contributed by atoms with Crippen molar-refractivity contribution in [2.24, 2.45) is 13.0 Å². The lowest BCUT2D eigenvalue weighted by atomic mass is 10.0. The van der Waals surface area contributed by atoms with Crippen molar-refractivity contribution in [3.63, 3.8) is 0 Å². The van der Waals surface area contributed by atoms with Gasteiger partial charge in [0.2, 0.25) is 0 Å². The second kappa shape index (κ2) is 5.66. The molecule has 102 valence electrons. The SMILES string of the molecule is CC(C)[C@@H](NC(=O)c1cccs1)c1n[nH]c(=S)n1C. The van der Waals surface area contributed by atoms with Gasteiger partial charge in [-0.2, -0.15) is 5.10 Å². The Hall–Kier alpha value is -1.47. The molecule has 2 aromatic rings. The van der Waals surface area contributed by atoms with Crippen LogP contribution in [0.15, 0.2) is 17.5 Å². The number of rotatable bonds is 4. The van der Waals surface area contributed by atoms with Crippen molar-refractivity contribution in [3.05, 3.63) is 33.0 Å². The van der Waals surface area contributed by atoms with Gasteiger partial charge in [-0.25, -0.2) is 0 Å². The minimum absolute atomic E-state index is 0.0809. The first-order valence-electron chi connectivity index (χ1n) is 5.96. The molecule has 0 aromatic carbocycles. The molecule has 0 unspecified atom stereocenters. The van der Waals surface area contributed by atoms with E-state index in [-0.39, 0.29) is 17.9 Å². The fraction of sp³-hybridized carbons (Fsp3) is 0.417. The number of nitrogens with one attached hydrogen (secondary N) is 2. The highest BCUT2D eigenvalue weighted by Crippen LogP contribution is 2.20. The van der Waals surface area contributed by atoms with Crippen LogP contribution in [-0.4, -0.2) is 20.7 Å². The molecule has 7 heteroatoms. The maximum absolute atomic E-state index is 12.1. The Balaban J connectivity index is 2.25. The lowest BCUT2D eigenvalue weighted by Crippen LogP contribution is -2.33. The minimum atomic E-state index is -0.174. The highest BCUT2D eigenvalue weighted by atomic mass is 32.1. The molecule has 0 saturated carbocycles. The van der Waals surface area contributed by atoms with Crippen LogP contribution < -0.4 is 5.32 Å². The average molecular weight is 296 g/mol. The normalized spacial score (nSPS) is 12.6. The number of hydrogen-bond acceptors (Lipinski definition) is 4. The number of aromatic amines is 1. The van der Waals surface area contributed by atoms with Gasteiger partial charge >= 0.3 is 0 Å². The van der Waals surface area contributed by atoms with E-state index in [1.165, 1.54) is 11.3 Å². The summed E-state index contributed by atoms with van der Waals surface area (Å²) in [7, 11) is 1.84. The summed E-state index contributed by atoms with van der Waals surface area (Å²) in [6.07, 6.45) is 0. The fourth-order valence-electron chi connectivity index (χ4n) is 1.79. The molecule has 0 radical (unpaired) electrons. The molecule has 2 aromatic heterocycles. The maximum atomic E-state index is 12.1. The zero-order valence-corrected chi connectivity index (χ0v) is 12.6. The summed E-state index contributed by atoms with van der Waals surface area (Å²) in [6, 6.07) is 3.49. The number of carbonyl (C=O) groups is 1. The maximum Gasteiger partial charge on any atom is 0.261 e. The van der Waals surface area contributed by atoms with Gasteiger partial charge in [-0.1, -0.05) is 19.9 Å². The van der Waals surface area contributed by atoms with Gasteiger partial charge in [-0.05, 0) is 29.6 Å². The monoisotopic (exact) mass is 296 g/mol. The number of carbonyl (C=O) groups excluding carboxylic acids is 1. The van der Waals surface area contributed by atoms with Gasteiger partial charge < -0.3 is 9.88 Å². The molecule has 0 fully saturated rings. The quantitative estimate of drug-likeness (QED) is 0.853. The summed E-state index contributed by atoms with van der Waals surface area (Å²) < 4.78 is 2.33.